The van der Waals surface area contributed by atoms with E-state index in [0.717, 1.165) is 10.5 Å². The molecular formula is C20H25NO4S2. The maximum atomic E-state index is 12.8. The van der Waals surface area contributed by atoms with Crippen molar-refractivity contribution in [2.24, 2.45) is 0 Å². The summed E-state index contributed by atoms with van der Waals surface area (Å²) in [6.45, 7) is 6.18. The molecule has 0 bridgehead atoms. The van der Waals surface area contributed by atoms with E-state index >= 15 is 0 Å². The first-order valence-electron chi connectivity index (χ1n) is 8.74. The van der Waals surface area contributed by atoms with Crippen LogP contribution in [0.2, 0.25) is 0 Å². The summed E-state index contributed by atoms with van der Waals surface area (Å²) in [6.07, 6.45) is 2.00. The molecule has 7 heteroatoms. The third-order valence-electron chi connectivity index (χ3n) is 4.28. The molecule has 0 fully saturated rings. The average Bonchev–Trinajstić information content (AvgIpc) is 2.67. The van der Waals surface area contributed by atoms with Gasteiger partial charge in [0.25, 0.3) is 0 Å². The van der Waals surface area contributed by atoms with Crippen LogP contribution < -0.4 is 0 Å². The molecule has 2 aromatic rings. The number of nitrogens with zero attached hydrogens (tertiary/aromatic N) is 1. The van der Waals surface area contributed by atoms with E-state index in [4.69, 9.17) is 4.74 Å². The second-order valence-corrected chi connectivity index (χ2v) is 8.78. The second kappa shape index (κ2) is 9.39. The van der Waals surface area contributed by atoms with E-state index in [9.17, 15) is 13.2 Å². The number of esters is 1. The van der Waals surface area contributed by atoms with Crippen molar-refractivity contribution in [2.45, 2.75) is 37.2 Å². The van der Waals surface area contributed by atoms with Gasteiger partial charge in [-0.05, 0) is 48.6 Å². The van der Waals surface area contributed by atoms with Gasteiger partial charge in [0.15, 0.2) is 0 Å². The number of thioether (sulfide) groups is 1. The Kier molecular flexibility index (Phi) is 7.47. The lowest BCUT2D eigenvalue weighted by Crippen LogP contribution is -2.31. The van der Waals surface area contributed by atoms with Crippen LogP contribution in [-0.2, 0) is 21.4 Å². The fraction of sp³-hybridized carbons (Fsp3) is 0.350. The van der Waals surface area contributed by atoms with Gasteiger partial charge in [-0.15, -0.1) is 11.8 Å². The largest absolute Gasteiger partial charge is 0.457 e. The number of sulfonamides is 1. The third kappa shape index (κ3) is 5.12. The predicted octanol–water partition coefficient (Wildman–Crippen LogP) is 4.10. The molecule has 146 valence electrons. The highest BCUT2D eigenvalue weighted by molar-refractivity contribution is 7.98. The minimum absolute atomic E-state index is 0.138. The number of aryl methyl sites for hydroxylation is 1. The molecule has 27 heavy (non-hydrogen) atoms. The Morgan fingerprint density at radius 1 is 1.07 bits per heavy atom. The van der Waals surface area contributed by atoms with Crippen LogP contribution in [-0.4, -0.2) is 38.0 Å². The van der Waals surface area contributed by atoms with Crippen LogP contribution in [0.5, 0.6) is 0 Å². The average molecular weight is 408 g/mol. The molecule has 0 aromatic heterocycles. The van der Waals surface area contributed by atoms with Crippen molar-refractivity contribution in [3.8, 4) is 0 Å². The molecule has 0 N–H and O–H groups in total. The summed E-state index contributed by atoms with van der Waals surface area (Å²) in [5.41, 5.74) is 1.71. The number of hydrogen-bond donors (Lipinski definition) is 0. The minimum Gasteiger partial charge on any atom is -0.457 e. The highest BCUT2D eigenvalue weighted by Crippen LogP contribution is 2.22. The molecule has 0 atom stereocenters. The molecule has 2 aromatic carbocycles. The molecule has 0 aliphatic rings. The van der Waals surface area contributed by atoms with Crippen molar-refractivity contribution in [1.29, 1.82) is 0 Å². The third-order valence-corrected chi connectivity index (χ3v) is 7.21. The molecule has 0 heterocycles. The first-order valence-corrected chi connectivity index (χ1v) is 11.4. The van der Waals surface area contributed by atoms with Gasteiger partial charge in [0.2, 0.25) is 10.0 Å². The smallest absolute Gasteiger partial charge is 0.338 e. The maximum Gasteiger partial charge on any atom is 0.338 e. The molecule has 0 spiro atoms. The lowest BCUT2D eigenvalue weighted by molar-refractivity contribution is 0.0472. The van der Waals surface area contributed by atoms with Gasteiger partial charge in [-0.3, -0.25) is 0 Å². The van der Waals surface area contributed by atoms with Gasteiger partial charge in [-0.2, -0.15) is 4.31 Å². The highest BCUT2D eigenvalue weighted by atomic mass is 32.2. The Morgan fingerprint density at radius 3 is 2.26 bits per heavy atom. The Bertz CT molecular complexity index is 889. The van der Waals surface area contributed by atoms with E-state index in [2.05, 4.69) is 0 Å². The van der Waals surface area contributed by atoms with Gasteiger partial charge < -0.3 is 4.74 Å². The first kappa shape index (κ1) is 21.5. The molecule has 0 aliphatic carbocycles. The van der Waals surface area contributed by atoms with E-state index < -0.39 is 16.0 Å². The summed E-state index contributed by atoms with van der Waals surface area (Å²) in [4.78, 5) is 13.7. The number of hydrogen-bond acceptors (Lipinski definition) is 5. The van der Waals surface area contributed by atoms with E-state index in [1.165, 1.54) is 10.4 Å². The van der Waals surface area contributed by atoms with E-state index in [0.29, 0.717) is 18.7 Å². The first-order chi connectivity index (χ1) is 12.8. The van der Waals surface area contributed by atoms with Crippen LogP contribution in [0.15, 0.2) is 52.3 Å². The van der Waals surface area contributed by atoms with Crippen molar-refractivity contribution in [1.82, 2.24) is 4.31 Å². The maximum absolute atomic E-state index is 12.8. The van der Waals surface area contributed by atoms with Crippen LogP contribution in [0.3, 0.4) is 0 Å². The van der Waals surface area contributed by atoms with E-state index in [-0.39, 0.29) is 17.1 Å². The summed E-state index contributed by atoms with van der Waals surface area (Å²) < 4.78 is 32.3. The van der Waals surface area contributed by atoms with E-state index in [1.807, 2.05) is 30.5 Å². The zero-order valence-electron chi connectivity index (χ0n) is 16.1. The number of carbonyl (C=O) groups excluding carboxylic acids is 1. The predicted molar refractivity (Wildman–Crippen MR) is 109 cm³/mol. The Balaban J connectivity index is 2.19. The monoisotopic (exact) mass is 407 g/mol. The molecule has 0 aliphatic heterocycles. The fourth-order valence-corrected chi connectivity index (χ4v) is 4.78. The molecular weight excluding hydrogens is 382 g/mol. The van der Waals surface area contributed by atoms with Crippen molar-refractivity contribution >= 4 is 27.8 Å². The van der Waals surface area contributed by atoms with Crippen molar-refractivity contribution in [3.63, 3.8) is 0 Å². The Labute approximate surface area is 165 Å². The molecule has 0 saturated carbocycles. The van der Waals surface area contributed by atoms with Crippen LogP contribution >= 0.6 is 11.8 Å². The van der Waals surface area contributed by atoms with Gasteiger partial charge in [-0.25, -0.2) is 13.2 Å². The number of benzene rings is 2. The topological polar surface area (TPSA) is 63.7 Å². The zero-order valence-corrected chi connectivity index (χ0v) is 17.7. The number of carbonyl (C=O) groups is 1. The number of ether oxygens (including phenoxy) is 1. The molecule has 2 rings (SSSR count). The van der Waals surface area contributed by atoms with Crippen LogP contribution in [0.4, 0.5) is 0 Å². The highest BCUT2D eigenvalue weighted by Gasteiger charge is 2.25. The molecule has 0 radical (unpaired) electrons. The molecule has 0 amide bonds. The summed E-state index contributed by atoms with van der Waals surface area (Å²) in [5, 5.41) is 0. The molecule has 0 saturated heterocycles. The quantitative estimate of drug-likeness (QED) is 0.487. The summed E-state index contributed by atoms with van der Waals surface area (Å²) in [6, 6.07) is 12.4. The second-order valence-electron chi connectivity index (χ2n) is 5.99. The van der Waals surface area contributed by atoms with Crippen molar-refractivity contribution < 1.29 is 17.9 Å². The lowest BCUT2D eigenvalue weighted by Gasteiger charge is -2.20. The zero-order chi connectivity index (χ0) is 20.0. The summed E-state index contributed by atoms with van der Waals surface area (Å²) in [7, 11) is -3.64. The molecule has 0 unspecified atom stereocenters. The Hall–Kier alpha value is -1.83. The lowest BCUT2D eigenvalue weighted by atomic mass is 10.1. The van der Waals surface area contributed by atoms with Crippen LogP contribution in [0, 0.1) is 6.92 Å². The standard InChI is InChI=1S/C20H25NO4S2/c1-5-21(6-2)27(23,24)19-13-17(10-7-15(19)3)20(22)25-14-16-8-11-18(26-4)12-9-16/h7-13H,5-6,14H2,1-4H3. The van der Waals surface area contributed by atoms with E-state index in [1.54, 1.807) is 44.7 Å². The van der Waals surface area contributed by atoms with Gasteiger partial charge in [0.05, 0.1) is 10.5 Å². The van der Waals surface area contributed by atoms with Crippen molar-refractivity contribution in [2.75, 3.05) is 19.3 Å². The van der Waals surface area contributed by atoms with Crippen LogP contribution in [0.1, 0.15) is 35.3 Å². The Morgan fingerprint density at radius 2 is 1.70 bits per heavy atom. The van der Waals surface area contributed by atoms with Gasteiger partial charge in [0.1, 0.15) is 6.61 Å². The number of rotatable bonds is 8. The van der Waals surface area contributed by atoms with Gasteiger partial charge in [0, 0.05) is 18.0 Å². The summed E-state index contributed by atoms with van der Waals surface area (Å²) in [5.74, 6) is -0.542. The summed E-state index contributed by atoms with van der Waals surface area (Å²) >= 11 is 1.64. The fourth-order valence-electron chi connectivity index (χ4n) is 2.66. The van der Waals surface area contributed by atoms with Gasteiger partial charge >= 0.3 is 5.97 Å². The minimum atomic E-state index is -3.64. The van der Waals surface area contributed by atoms with Crippen molar-refractivity contribution in [3.05, 3.63) is 59.2 Å². The van der Waals surface area contributed by atoms with Crippen LogP contribution in [0.25, 0.3) is 0 Å². The molecule has 5 nitrogen and oxygen atoms in total. The van der Waals surface area contributed by atoms with Gasteiger partial charge in [-0.1, -0.05) is 32.0 Å². The normalized spacial score (nSPS) is 11.6. The SMILES string of the molecule is CCN(CC)S(=O)(=O)c1cc(C(=O)OCc2ccc(SC)cc2)ccc1C.